The fourth-order valence-corrected chi connectivity index (χ4v) is 3.67. The van der Waals surface area contributed by atoms with Crippen LogP contribution in [-0.2, 0) is 27.3 Å². The molecule has 0 fully saturated rings. The van der Waals surface area contributed by atoms with Gasteiger partial charge >= 0.3 is 5.97 Å². The van der Waals surface area contributed by atoms with E-state index in [0.29, 0.717) is 5.56 Å². The van der Waals surface area contributed by atoms with Crippen molar-refractivity contribution in [3.63, 3.8) is 0 Å². The molecule has 4 aromatic rings. The van der Waals surface area contributed by atoms with Gasteiger partial charge in [-0.25, -0.2) is 10.3 Å². The Morgan fingerprint density at radius 2 is 1.54 bits per heavy atom. The molecule has 4 N–H and O–H groups in total. The van der Waals surface area contributed by atoms with Crippen LogP contribution in [-0.4, -0.2) is 42.0 Å². The van der Waals surface area contributed by atoms with Crippen LogP contribution in [0.15, 0.2) is 91.1 Å². The van der Waals surface area contributed by atoms with Crippen molar-refractivity contribution in [1.29, 1.82) is 0 Å². The number of methoxy groups -OCH3 is 1. The number of carbonyl (C=O) groups is 3. The lowest BCUT2D eigenvalue weighted by atomic mass is 10.1. The molecule has 0 aliphatic rings. The highest BCUT2D eigenvalue weighted by Crippen LogP contribution is 2.17. The van der Waals surface area contributed by atoms with Crippen molar-refractivity contribution < 1.29 is 24.3 Å². The largest absolute Gasteiger partial charge is 0.466 e. The van der Waals surface area contributed by atoms with Gasteiger partial charge in [0, 0.05) is 41.4 Å². The number of fused-ring (bicyclic) bond motifs is 1. The molecule has 0 radical (unpaired) electrons. The van der Waals surface area contributed by atoms with Gasteiger partial charge in [-0.3, -0.25) is 14.8 Å². The average molecular weight is 526 g/mol. The lowest BCUT2D eigenvalue weighted by Crippen LogP contribution is -2.16. The summed E-state index contributed by atoms with van der Waals surface area (Å²) in [6.07, 6.45) is 9.72. The Kier molecular flexibility index (Phi) is 11.4. The summed E-state index contributed by atoms with van der Waals surface area (Å²) in [6.45, 7) is 1.70. The highest BCUT2D eigenvalue weighted by atomic mass is 16.5. The van der Waals surface area contributed by atoms with Gasteiger partial charge in [0.15, 0.2) is 0 Å². The van der Waals surface area contributed by atoms with Crippen molar-refractivity contribution in [2.75, 3.05) is 13.7 Å². The van der Waals surface area contributed by atoms with E-state index in [9.17, 15) is 14.4 Å². The number of esters is 1. The van der Waals surface area contributed by atoms with Gasteiger partial charge in [-0.2, -0.15) is 0 Å². The molecule has 0 saturated carbocycles. The molecule has 0 saturated heterocycles. The Morgan fingerprint density at radius 3 is 2.21 bits per heavy atom. The number of benzene rings is 3. The highest BCUT2D eigenvalue weighted by molar-refractivity contribution is 5.90. The molecular weight excluding hydrogens is 494 g/mol. The molecule has 1 heterocycles. The number of hydrogen-bond acceptors (Lipinski definition) is 6. The Hall–Kier alpha value is -4.79. The van der Waals surface area contributed by atoms with Crippen LogP contribution in [0.4, 0.5) is 0 Å². The van der Waals surface area contributed by atoms with E-state index in [4.69, 9.17) is 5.21 Å². The summed E-state index contributed by atoms with van der Waals surface area (Å²) >= 11 is 0. The topological polar surface area (TPSA) is 121 Å². The normalized spacial score (nSPS) is 10.8. The van der Waals surface area contributed by atoms with Gasteiger partial charge in [0.05, 0.1) is 7.11 Å². The summed E-state index contributed by atoms with van der Waals surface area (Å²) in [7, 11) is 1.32. The van der Waals surface area contributed by atoms with E-state index in [1.807, 2.05) is 30.3 Å². The minimum Gasteiger partial charge on any atom is -0.466 e. The molecule has 0 spiro atoms. The number of amides is 1. The summed E-state index contributed by atoms with van der Waals surface area (Å²) in [5.74, 6) is -0.938. The van der Waals surface area contributed by atoms with Crippen LogP contribution in [0.3, 0.4) is 0 Å². The molecule has 8 heteroatoms. The second-order valence-corrected chi connectivity index (χ2v) is 8.48. The molecule has 0 atom stereocenters. The minimum absolute atomic E-state index is 0.399. The highest BCUT2D eigenvalue weighted by Gasteiger charge is 2.02. The van der Waals surface area contributed by atoms with Crippen LogP contribution in [0.1, 0.15) is 32.6 Å². The summed E-state index contributed by atoms with van der Waals surface area (Å²) in [6, 6.07) is 23.1. The van der Waals surface area contributed by atoms with Gasteiger partial charge in [0.1, 0.15) is 6.29 Å². The van der Waals surface area contributed by atoms with Gasteiger partial charge in [-0.1, -0.05) is 66.7 Å². The Morgan fingerprint density at radius 1 is 0.897 bits per heavy atom. The van der Waals surface area contributed by atoms with Crippen LogP contribution in [0, 0.1) is 0 Å². The predicted octanol–water partition coefficient (Wildman–Crippen LogP) is 4.70. The number of carbonyl (C=O) groups excluding carboxylic acids is 3. The molecule has 3 aromatic carbocycles. The second-order valence-electron chi connectivity index (χ2n) is 8.48. The Bertz CT molecular complexity index is 1420. The first-order valence-corrected chi connectivity index (χ1v) is 12.3. The van der Waals surface area contributed by atoms with E-state index in [2.05, 4.69) is 39.4 Å². The summed E-state index contributed by atoms with van der Waals surface area (Å²) in [5.41, 5.74) is 7.62. The monoisotopic (exact) mass is 525 g/mol. The number of hydrogen-bond donors (Lipinski definition) is 4. The van der Waals surface area contributed by atoms with Crippen LogP contribution in [0.25, 0.3) is 23.1 Å². The van der Waals surface area contributed by atoms with E-state index in [0.717, 1.165) is 36.9 Å². The van der Waals surface area contributed by atoms with Gasteiger partial charge in [0.25, 0.3) is 5.91 Å². The molecule has 39 heavy (non-hydrogen) atoms. The van der Waals surface area contributed by atoms with Gasteiger partial charge < -0.3 is 15.0 Å². The van der Waals surface area contributed by atoms with Crippen LogP contribution >= 0.6 is 0 Å². The molecule has 0 aliphatic heterocycles. The van der Waals surface area contributed by atoms with Gasteiger partial charge in [-0.15, -0.1) is 0 Å². The smallest absolute Gasteiger partial charge is 0.330 e. The SMILES string of the molecule is COC(=O)C=Cc1ccc(C=O)cc1.O=C(/C=C/c1ccc(CNCCc2c[nH]c3ccccc23)cc1)NO. The number of rotatable bonds is 10. The molecule has 1 amide bonds. The number of para-hydroxylation sites is 1. The lowest BCUT2D eigenvalue weighted by molar-refractivity contribution is -0.134. The first-order chi connectivity index (χ1) is 19.0. The number of hydroxylamine groups is 1. The molecule has 0 aliphatic carbocycles. The van der Waals surface area contributed by atoms with Crippen molar-refractivity contribution >= 4 is 41.2 Å². The standard InChI is InChI=1S/C20H21N3O2.C11H10O3/c24-20(23-25)10-9-15-5-7-16(8-6-15)13-21-12-11-17-14-22-19-4-2-1-3-18(17)19;1-14-11(13)7-6-9-2-4-10(8-12)5-3-9/h1-10,14,21-22,25H,11-13H2,(H,23,24);2-8H,1H3/b10-9+;. The zero-order valence-electron chi connectivity index (χ0n) is 21.6. The van der Waals surface area contributed by atoms with Crippen LogP contribution in [0.2, 0.25) is 0 Å². The number of nitrogens with one attached hydrogen (secondary N) is 3. The fourth-order valence-electron chi connectivity index (χ4n) is 3.67. The predicted molar refractivity (Wildman–Crippen MR) is 152 cm³/mol. The molecule has 8 nitrogen and oxygen atoms in total. The maximum atomic E-state index is 10.9. The Labute approximate surface area is 227 Å². The first kappa shape index (κ1) is 28.8. The number of ether oxygens (including phenoxy) is 1. The molecule has 1 aromatic heterocycles. The number of aromatic amines is 1. The number of H-pyrrole nitrogens is 1. The van der Waals surface area contributed by atoms with E-state index in [-0.39, 0.29) is 0 Å². The maximum Gasteiger partial charge on any atom is 0.330 e. The van der Waals surface area contributed by atoms with Crippen LogP contribution in [0.5, 0.6) is 0 Å². The zero-order valence-corrected chi connectivity index (χ0v) is 21.6. The number of aromatic nitrogens is 1. The molecule has 0 unspecified atom stereocenters. The third kappa shape index (κ3) is 9.55. The summed E-state index contributed by atoms with van der Waals surface area (Å²) in [5, 5.41) is 13.2. The molecule has 0 bridgehead atoms. The summed E-state index contributed by atoms with van der Waals surface area (Å²) in [4.78, 5) is 35.3. The lowest BCUT2D eigenvalue weighted by Gasteiger charge is -2.05. The van der Waals surface area contributed by atoms with Gasteiger partial charge in [0.2, 0.25) is 0 Å². The van der Waals surface area contributed by atoms with Crippen LogP contribution < -0.4 is 10.8 Å². The fraction of sp³-hybridized carbons (Fsp3) is 0.129. The van der Waals surface area contributed by atoms with Crippen molar-refractivity contribution in [2.24, 2.45) is 0 Å². The third-order valence-corrected chi connectivity index (χ3v) is 5.78. The average Bonchev–Trinajstić information content (AvgIpc) is 3.41. The van der Waals surface area contributed by atoms with Crippen molar-refractivity contribution in [3.8, 4) is 0 Å². The molecule has 4 rings (SSSR count). The molecular formula is C31H31N3O5. The van der Waals surface area contributed by atoms with E-state index in [1.165, 1.54) is 41.3 Å². The van der Waals surface area contributed by atoms with E-state index >= 15 is 0 Å². The first-order valence-electron chi connectivity index (χ1n) is 12.3. The van der Waals surface area contributed by atoms with Gasteiger partial charge in [-0.05, 0) is 53.4 Å². The second kappa shape index (κ2) is 15.5. The maximum absolute atomic E-state index is 10.9. The third-order valence-electron chi connectivity index (χ3n) is 5.78. The van der Waals surface area contributed by atoms with Crippen molar-refractivity contribution in [3.05, 3.63) is 119 Å². The quantitative estimate of drug-likeness (QED) is 0.0595. The zero-order chi connectivity index (χ0) is 27.9. The van der Waals surface area contributed by atoms with Crippen molar-refractivity contribution in [2.45, 2.75) is 13.0 Å². The minimum atomic E-state index is -0.539. The van der Waals surface area contributed by atoms with E-state index in [1.54, 1.807) is 41.9 Å². The Balaban J connectivity index is 0.000000255. The number of aldehydes is 1. The van der Waals surface area contributed by atoms with E-state index < -0.39 is 11.9 Å². The molecule has 200 valence electrons. The van der Waals surface area contributed by atoms with Crippen molar-refractivity contribution in [1.82, 2.24) is 15.8 Å². The summed E-state index contributed by atoms with van der Waals surface area (Å²) < 4.78 is 4.43.